The number of sulfone groups is 1. The molecule has 0 spiro atoms. The minimum atomic E-state index is -3.78. The first-order chi connectivity index (χ1) is 17.2. The molecule has 4 aromatic rings. The zero-order valence-electron chi connectivity index (χ0n) is 19.4. The number of methoxy groups -OCH3 is 1. The quantitative estimate of drug-likeness (QED) is 0.357. The number of carbonyl (C=O) groups excluding carboxylic acids is 2. The normalized spacial score (nSPS) is 12.3. The van der Waals surface area contributed by atoms with Crippen LogP contribution in [0.4, 0.5) is 4.39 Å². The summed E-state index contributed by atoms with van der Waals surface area (Å²) in [4.78, 5) is 32.5. The van der Waals surface area contributed by atoms with Gasteiger partial charge in [-0.15, -0.1) is 0 Å². The Kier molecular flexibility index (Phi) is 7.06. The number of aromatic nitrogens is 4. The second-order valence-electron chi connectivity index (χ2n) is 7.95. The van der Waals surface area contributed by atoms with Gasteiger partial charge in [0.1, 0.15) is 5.82 Å². The Balaban J connectivity index is 1.55. The summed E-state index contributed by atoms with van der Waals surface area (Å²) in [5, 5.41) is 7.68. The van der Waals surface area contributed by atoms with Gasteiger partial charge in [0.25, 0.3) is 5.91 Å². The third-order valence-electron chi connectivity index (χ3n) is 5.56. The first-order valence-corrected chi connectivity index (χ1v) is 12.5. The van der Waals surface area contributed by atoms with Crippen LogP contribution >= 0.6 is 0 Å². The van der Waals surface area contributed by atoms with Crippen LogP contribution in [0.25, 0.3) is 16.6 Å². The molecule has 36 heavy (non-hydrogen) atoms. The number of nitrogens with one attached hydrogen (secondary N) is 1. The third kappa shape index (κ3) is 5.23. The molecule has 0 radical (unpaired) electrons. The van der Waals surface area contributed by atoms with E-state index in [4.69, 9.17) is 0 Å². The largest absolute Gasteiger partial charge is 0.469 e. The first kappa shape index (κ1) is 24.9. The van der Waals surface area contributed by atoms with Gasteiger partial charge in [0.05, 0.1) is 59.4 Å². The van der Waals surface area contributed by atoms with Crippen LogP contribution in [0.1, 0.15) is 35.3 Å². The van der Waals surface area contributed by atoms with E-state index in [0.29, 0.717) is 22.2 Å². The molecule has 3 aromatic heterocycles. The molecular weight excluding hydrogens is 489 g/mol. The summed E-state index contributed by atoms with van der Waals surface area (Å²) in [5.74, 6) is -1.87. The summed E-state index contributed by atoms with van der Waals surface area (Å²) >= 11 is 0. The molecule has 0 aliphatic carbocycles. The van der Waals surface area contributed by atoms with Gasteiger partial charge in [0.15, 0.2) is 9.84 Å². The van der Waals surface area contributed by atoms with Gasteiger partial charge in [-0.05, 0) is 42.8 Å². The molecule has 1 unspecified atom stereocenters. The average Bonchev–Trinajstić information content (AvgIpc) is 3.32. The Morgan fingerprint density at radius 2 is 1.81 bits per heavy atom. The maximum atomic E-state index is 13.3. The molecule has 0 saturated heterocycles. The standard InChI is InChI=1S/C24H22FN5O5S/c1-15(16-9-19(11-26-10-16)36(33,34)8-7-23(31)35-2)29-24(32)21-12-27-14-22-20(21)13-28-30(22)18-5-3-17(25)4-6-18/h3-6,9-15H,7-8H2,1-2H3,(H,29,32). The van der Waals surface area contributed by atoms with Crippen molar-refractivity contribution in [3.8, 4) is 5.69 Å². The minimum absolute atomic E-state index is 0.0608. The van der Waals surface area contributed by atoms with Crippen molar-refractivity contribution in [1.29, 1.82) is 0 Å². The summed E-state index contributed by atoms with van der Waals surface area (Å²) < 4.78 is 44.5. The number of esters is 1. The third-order valence-corrected chi connectivity index (χ3v) is 7.24. The molecule has 186 valence electrons. The summed E-state index contributed by atoms with van der Waals surface area (Å²) in [7, 11) is -2.59. The lowest BCUT2D eigenvalue weighted by Crippen LogP contribution is -2.27. The molecule has 0 aliphatic heterocycles. The fourth-order valence-electron chi connectivity index (χ4n) is 3.55. The highest BCUT2D eigenvalue weighted by Gasteiger charge is 2.21. The minimum Gasteiger partial charge on any atom is -0.469 e. The molecule has 0 fully saturated rings. The van der Waals surface area contributed by atoms with E-state index in [1.54, 1.807) is 29.9 Å². The summed E-state index contributed by atoms with van der Waals surface area (Å²) in [5.41, 5.74) is 1.89. The van der Waals surface area contributed by atoms with Gasteiger partial charge in [0.2, 0.25) is 0 Å². The number of halogens is 1. The predicted octanol–water partition coefficient (Wildman–Crippen LogP) is 2.78. The second-order valence-corrected chi connectivity index (χ2v) is 10.1. The van der Waals surface area contributed by atoms with Crippen LogP contribution in [0, 0.1) is 5.82 Å². The smallest absolute Gasteiger partial charge is 0.306 e. The highest BCUT2D eigenvalue weighted by Crippen LogP contribution is 2.23. The fraction of sp³-hybridized carbons (Fsp3) is 0.208. The maximum Gasteiger partial charge on any atom is 0.306 e. The number of benzene rings is 1. The summed E-state index contributed by atoms with van der Waals surface area (Å²) in [6, 6.07) is 6.57. The molecule has 0 bridgehead atoms. The van der Waals surface area contributed by atoms with Crippen LogP contribution in [0.3, 0.4) is 0 Å². The Bertz CT molecular complexity index is 1540. The topological polar surface area (TPSA) is 133 Å². The molecule has 1 atom stereocenters. The summed E-state index contributed by atoms with van der Waals surface area (Å²) in [6.07, 6.45) is 6.86. The number of carbonyl (C=O) groups is 2. The van der Waals surface area contributed by atoms with Crippen molar-refractivity contribution < 1.29 is 27.1 Å². The van der Waals surface area contributed by atoms with Crippen molar-refractivity contribution >= 4 is 32.6 Å². The van der Waals surface area contributed by atoms with Crippen molar-refractivity contribution in [3.05, 3.63) is 78.3 Å². The number of pyridine rings is 2. The van der Waals surface area contributed by atoms with Gasteiger partial charge in [-0.25, -0.2) is 17.5 Å². The molecule has 0 aliphatic rings. The number of rotatable bonds is 8. The van der Waals surface area contributed by atoms with Crippen molar-refractivity contribution in [2.75, 3.05) is 12.9 Å². The first-order valence-electron chi connectivity index (χ1n) is 10.8. The van der Waals surface area contributed by atoms with Gasteiger partial charge in [-0.3, -0.25) is 19.6 Å². The monoisotopic (exact) mass is 511 g/mol. The molecule has 0 saturated carbocycles. The van der Waals surface area contributed by atoms with Crippen LogP contribution < -0.4 is 5.32 Å². The SMILES string of the molecule is COC(=O)CCS(=O)(=O)c1cncc(C(C)NC(=O)c2cncc3c2cnn3-c2ccc(F)cc2)c1. The van der Waals surface area contributed by atoms with E-state index >= 15 is 0 Å². The van der Waals surface area contributed by atoms with Crippen LogP contribution in [0.2, 0.25) is 0 Å². The maximum absolute atomic E-state index is 13.3. The van der Waals surface area contributed by atoms with Crippen molar-refractivity contribution in [1.82, 2.24) is 25.1 Å². The van der Waals surface area contributed by atoms with Crippen molar-refractivity contribution in [2.24, 2.45) is 0 Å². The van der Waals surface area contributed by atoms with Crippen LogP contribution in [-0.2, 0) is 19.4 Å². The molecule has 10 nitrogen and oxygen atoms in total. The van der Waals surface area contributed by atoms with Gasteiger partial charge in [-0.2, -0.15) is 5.10 Å². The Labute approximate surface area is 206 Å². The Hall–Kier alpha value is -4.19. The molecule has 12 heteroatoms. The molecular formula is C24H22FN5O5S. The zero-order chi connectivity index (χ0) is 25.9. The zero-order valence-corrected chi connectivity index (χ0v) is 20.2. The number of hydrogen-bond acceptors (Lipinski definition) is 8. The van der Waals surface area contributed by atoms with E-state index in [2.05, 4.69) is 25.1 Å². The van der Waals surface area contributed by atoms with Gasteiger partial charge < -0.3 is 10.1 Å². The lowest BCUT2D eigenvalue weighted by Gasteiger charge is -2.15. The van der Waals surface area contributed by atoms with E-state index < -0.39 is 33.5 Å². The fourth-order valence-corrected chi connectivity index (χ4v) is 4.76. The van der Waals surface area contributed by atoms with Crippen molar-refractivity contribution in [3.63, 3.8) is 0 Å². The van der Waals surface area contributed by atoms with Crippen LogP contribution in [0.5, 0.6) is 0 Å². The Morgan fingerprint density at radius 3 is 2.53 bits per heavy atom. The van der Waals surface area contributed by atoms with E-state index in [-0.39, 0.29) is 22.7 Å². The van der Waals surface area contributed by atoms with Gasteiger partial charge in [-0.1, -0.05) is 0 Å². The molecule has 1 amide bonds. The lowest BCUT2D eigenvalue weighted by molar-refractivity contribution is -0.140. The van der Waals surface area contributed by atoms with Gasteiger partial charge >= 0.3 is 5.97 Å². The predicted molar refractivity (Wildman–Crippen MR) is 128 cm³/mol. The van der Waals surface area contributed by atoms with Crippen LogP contribution in [-0.4, -0.2) is 52.9 Å². The number of hydrogen-bond donors (Lipinski definition) is 1. The lowest BCUT2D eigenvalue weighted by atomic mass is 10.1. The number of amides is 1. The number of ether oxygens (including phenoxy) is 1. The number of fused-ring (bicyclic) bond motifs is 1. The van der Waals surface area contributed by atoms with E-state index in [9.17, 15) is 22.4 Å². The molecule has 4 rings (SSSR count). The molecule has 3 heterocycles. The van der Waals surface area contributed by atoms with E-state index in [0.717, 1.165) is 0 Å². The van der Waals surface area contributed by atoms with E-state index in [1.165, 1.54) is 50.1 Å². The number of nitrogens with zero attached hydrogens (tertiary/aromatic N) is 4. The molecule has 1 aromatic carbocycles. The molecule has 1 N–H and O–H groups in total. The van der Waals surface area contributed by atoms with Crippen molar-refractivity contribution in [2.45, 2.75) is 24.3 Å². The van der Waals surface area contributed by atoms with Crippen LogP contribution in [0.15, 0.2) is 66.2 Å². The van der Waals surface area contributed by atoms with E-state index in [1.807, 2.05) is 0 Å². The average molecular weight is 512 g/mol. The highest BCUT2D eigenvalue weighted by atomic mass is 32.2. The highest BCUT2D eigenvalue weighted by molar-refractivity contribution is 7.91. The summed E-state index contributed by atoms with van der Waals surface area (Å²) in [6.45, 7) is 1.69. The van der Waals surface area contributed by atoms with Gasteiger partial charge in [0, 0.05) is 24.0 Å². The second kappa shape index (κ2) is 10.2. The Morgan fingerprint density at radius 1 is 1.08 bits per heavy atom.